The van der Waals surface area contributed by atoms with E-state index in [1.807, 2.05) is 13.8 Å². The summed E-state index contributed by atoms with van der Waals surface area (Å²) >= 11 is 6.04. The third-order valence-corrected chi connectivity index (χ3v) is 8.45. The lowest BCUT2D eigenvalue weighted by molar-refractivity contribution is -0.139. The van der Waals surface area contributed by atoms with Crippen LogP contribution in [0.15, 0.2) is 83.8 Å². The first-order chi connectivity index (χ1) is 18.6. The average Bonchev–Trinajstić information content (AvgIpc) is 2.95. The average molecular weight is 572 g/mol. The van der Waals surface area contributed by atoms with Gasteiger partial charge in [-0.25, -0.2) is 8.42 Å². The molecule has 2 unspecified atom stereocenters. The largest absolute Gasteiger partial charge is 0.497 e. The topological polar surface area (TPSA) is 96.0 Å². The molecule has 3 aromatic carbocycles. The van der Waals surface area contributed by atoms with Crippen LogP contribution in [-0.2, 0) is 26.2 Å². The molecular formula is C29H34ClN3O5S. The van der Waals surface area contributed by atoms with E-state index in [9.17, 15) is 18.0 Å². The second-order valence-corrected chi connectivity index (χ2v) is 11.5. The number of halogens is 1. The number of nitrogens with one attached hydrogen (secondary N) is 1. The second-order valence-electron chi connectivity index (χ2n) is 9.16. The molecule has 0 saturated carbocycles. The molecule has 0 radical (unpaired) electrons. The van der Waals surface area contributed by atoms with Gasteiger partial charge in [-0.05, 0) is 74.4 Å². The Bertz CT molecular complexity index is 1350. The monoisotopic (exact) mass is 571 g/mol. The molecule has 39 heavy (non-hydrogen) atoms. The maximum absolute atomic E-state index is 13.9. The van der Waals surface area contributed by atoms with E-state index in [0.717, 1.165) is 16.3 Å². The molecule has 0 aliphatic carbocycles. The summed E-state index contributed by atoms with van der Waals surface area (Å²) in [5.74, 6) is -0.347. The maximum Gasteiger partial charge on any atom is 0.264 e. The smallest absolute Gasteiger partial charge is 0.264 e. The quantitative estimate of drug-likeness (QED) is 0.334. The van der Waals surface area contributed by atoms with Crippen molar-refractivity contribution >= 4 is 39.1 Å². The van der Waals surface area contributed by atoms with Gasteiger partial charge in [-0.2, -0.15) is 0 Å². The zero-order chi connectivity index (χ0) is 28.6. The summed E-state index contributed by atoms with van der Waals surface area (Å²) in [5.41, 5.74) is 1.07. The molecule has 0 fully saturated rings. The molecule has 0 saturated heterocycles. The number of para-hydroxylation sites is 1. The number of methoxy groups -OCH3 is 1. The van der Waals surface area contributed by atoms with Crippen molar-refractivity contribution in [2.45, 2.75) is 50.7 Å². The number of hydrogen-bond donors (Lipinski definition) is 1. The first-order valence-corrected chi connectivity index (χ1v) is 14.4. The Labute approximate surface area is 235 Å². The number of carbonyl (C=O) groups excluding carboxylic acids is 2. The van der Waals surface area contributed by atoms with Crippen LogP contribution < -0.4 is 14.4 Å². The Hall–Kier alpha value is -3.56. The van der Waals surface area contributed by atoms with Crippen molar-refractivity contribution in [1.82, 2.24) is 10.2 Å². The number of hydrogen-bond acceptors (Lipinski definition) is 5. The highest BCUT2D eigenvalue weighted by Crippen LogP contribution is 2.26. The lowest BCUT2D eigenvalue weighted by Crippen LogP contribution is -2.52. The Morgan fingerprint density at radius 2 is 1.56 bits per heavy atom. The van der Waals surface area contributed by atoms with E-state index in [-0.39, 0.29) is 23.4 Å². The van der Waals surface area contributed by atoms with Crippen LogP contribution >= 0.6 is 11.6 Å². The van der Waals surface area contributed by atoms with E-state index in [1.54, 1.807) is 73.7 Å². The number of amides is 2. The highest BCUT2D eigenvalue weighted by atomic mass is 35.5. The molecule has 0 heterocycles. The van der Waals surface area contributed by atoms with Crippen molar-refractivity contribution in [3.8, 4) is 5.75 Å². The van der Waals surface area contributed by atoms with Gasteiger partial charge in [0, 0.05) is 17.6 Å². The highest BCUT2D eigenvalue weighted by Gasteiger charge is 2.32. The van der Waals surface area contributed by atoms with Crippen LogP contribution in [-0.4, -0.2) is 50.9 Å². The van der Waals surface area contributed by atoms with Gasteiger partial charge < -0.3 is 15.0 Å². The van der Waals surface area contributed by atoms with Gasteiger partial charge in [0.2, 0.25) is 11.8 Å². The third-order valence-electron chi connectivity index (χ3n) is 6.40. The van der Waals surface area contributed by atoms with Crippen molar-refractivity contribution in [2.24, 2.45) is 0 Å². The van der Waals surface area contributed by atoms with Crippen LogP contribution in [0.3, 0.4) is 0 Å². The van der Waals surface area contributed by atoms with Crippen LogP contribution in [0.5, 0.6) is 5.75 Å². The van der Waals surface area contributed by atoms with Crippen LogP contribution in [0.25, 0.3) is 0 Å². The summed E-state index contributed by atoms with van der Waals surface area (Å²) in [5, 5.41) is 3.46. The molecule has 3 aromatic rings. The Balaban J connectivity index is 1.99. The lowest BCUT2D eigenvalue weighted by atomic mass is 10.1. The minimum atomic E-state index is -4.14. The van der Waals surface area contributed by atoms with Crippen LogP contribution in [0.4, 0.5) is 5.69 Å². The highest BCUT2D eigenvalue weighted by molar-refractivity contribution is 7.92. The first kappa shape index (κ1) is 30.0. The number of anilines is 1. The van der Waals surface area contributed by atoms with E-state index < -0.39 is 28.5 Å². The normalized spacial score (nSPS) is 12.7. The van der Waals surface area contributed by atoms with Crippen LogP contribution in [0.1, 0.15) is 32.8 Å². The molecule has 2 amide bonds. The first-order valence-electron chi connectivity index (χ1n) is 12.6. The summed E-state index contributed by atoms with van der Waals surface area (Å²) in [4.78, 5) is 28.3. The zero-order valence-corrected chi connectivity index (χ0v) is 24.1. The van der Waals surface area contributed by atoms with E-state index in [4.69, 9.17) is 16.3 Å². The molecule has 3 rings (SSSR count). The maximum atomic E-state index is 13.9. The Kier molecular flexibility index (Phi) is 10.4. The molecule has 10 heteroatoms. The lowest BCUT2D eigenvalue weighted by Gasteiger charge is -2.32. The number of rotatable bonds is 12. The fourth-order valence-corrected chi connectivity index (χ4v) is 5.37. The predicted molar refractivity (Wildman–Crippen MR) is 153 cm³/mol. The number of carbonyl (C=O) groups is 2. The molecule has 208 valence electrons. The Morgan fingerprint density at radius 3 is 2.13 bits per heavy atom. The molecule has 8 nitrogen and oxygen atoms in total. The molecule has 0 aliphatic rings. The summed E-state index contributed by atoms with van der Waals surface area (Å²) in [7, 11) is -2.65. The van der Waals surface area contributed by atoms with E-state index in [0.29, 0.717) is 16.5 Å². The van der Waals surface area contributed by atoms with Crippen molar-refractivity contribution in [3.63, 3.8) is 0 Å². The predicted octanol–water partition coefficient (Wildman–Crippen LogP) is 4.88. The third kappa shape index (κ3) is 7.74. The van der Waals surface area contributed by atoms with Gasteiger partial charge in [0.05, 0.1) is 17.7 Å². The number of ether oxygens (including phenoxy) is 1. The molecule has 2 atom stereocenters. The second kappa shape index (κ2) is 13.5. The summed E-state index contributed by atoms with van der Waals surface area (Å²) in [6, 6.07) is 20.4. The van der Waals surface area contributed by atoms with Crippen LogP contribution in [0.2, 0.25) is 5.02 Å². The van der Waals surface area contributed by atoms with Crippen LogP contribution in [0, 0.1) is 0 Å². The van der Waals surface area contributed by atoms with Gasteiger partial charge in [0.15, 0.2) is 0 Å². The van der Waals surface area contributed by atoms with Gasteiger partial charge in [0.25, 0.3) is 10.0 Å². The van der Waals surface area contributed by atoms with E-state index in [2.05, 4.69) is 5.32 Å². The van der Waals surface area contributed by atoms with Crippen molar-refractivity contribution in [3.05, 3.63) is 89.4 Å². The standard InChI is InChI=1S/C29H34ClN3O5S/c1-5-21(2)31-29(35)22(3)32(19-23-11-13-24(30)14-12-23)28(34)20-33(25-9-7-6-8-10-25)39(36,37)27-17-15-26(38-4)16-18-27/h6-18,21-22H,5,19-20H2,1-4H3,(H,31,35). The van der Waals surface area contributed by atoms with Gasteiger partial charge in [-0.1, -0.05) is 48.9 Å². The zero-order valence-electron chi connectivity index (χ0n) is 22.5. The molecule has 0 aliphatic heterocycles. The van der Waals surface area contributed by atoms with E-state index >= 15 is 0 Å². The molecule has 1 N–H and O–H groups in total. The molecular weight excluding hydrogens is 538 g/mol. The number of sulfonamides is 1. The SMILES string of the molecule is CCC(C)NC(=O)C(C)N(Cc1ccc(Cl)cc1)C(=O)CN(c1ccccc1)S(=O)(=O)c1ccc(OC)cc1. The Morgan fingerprint density at radius 1 is 0.949 bits per heavy atom. The van der Waals surface area contributed by atoms with Crippen molar-refractivity contribution in [1.29, 1.82) is 0 Å². The fraction of sp³-hybridized carbons (Fsp3) is 0.310. The van der Waals surface area contributed by atoms with Crippen molar-refractivity contribution in [2.75, 3.05) is 18.0 Å². The van der Waals surface area contributed by atoms with Gasteiger partial charge in [-0.15, -0.1) is 0 Å². The molecule has 0 bridgehead atoms. The van der Waals surface area contributed by atoms with Gasteiger partial charge in [-0.3, -0.25) is 13.9 Å². The minimum Gasteiger partial charge on any atom is -0.497 e. The summed E-state index contributed by atoms with van der Waals surface area (Å²) in [6.07, 6.45) is 0.728. The molecule has 0 spiro atoms. The van der Waals surface area contributed by atoms with Gasteiger partial charge >= 0.3 is 0 Å². The number of nitrogens with zero attached hydrogens (tertiary/aromatic N) is 2. The number of benzene rings is 3. The van der Waals surface area contributed by atoms with Gasteiger partial charge in [0.1, 0.15) is 18.3 Å². The minimum absolute atomic E-state index is 0.00627. The van der Waals surface area contributed by atoms with E-state index in [1.165, 1.54) is 24.1 Å². The molecule has 0 aromatic heterocycles. The summed E-state index contributed by atoms with van der Waals surface area (Å²) in [6.45, 7) is 5.06. The van der Waals surface area contributed by atoms with Crippen molar-refractivity contribution < 1.29 is 22.7 Å². The fourth-order valence-electron chi connectivity index (χ4n) is 3.83. The summed E-state index contributed by atoms with van der Waals surface area (Å²) < 4.78 is 33.8.